The number of hydrogen-bond donors (Lipinski definition) is 2. The minimum atomic E-state index is -0.161. The van der Waals surface area contributed by atoms with Gasteiger partial charge in [0.15, 0.2) is 0 Å². The van der Waals surface area contributed by atoms with Gasteiger partial charge >= 0.3 is 0 Å². The molecule has 110 valence electrons. The topological polar surface area (TPSA) is 67.0 Å². The van der Waals surface area contributed by atoms with Gasteiger partial charge in [0.25, 0.3) is 5.91 Å². The second-order valence-electron chi connectivity index (χ2n) is 5.40. The van der Waals surface area contributed by atoms with E-state index < -0.39 is 0 Å². The van der Waals surface area contributed by atoms with E-state index in [0.29, 0.717) is 24.8 Å². The summed E-state index contributed by atoms with van der Waals surface area (Å²) in [6.45, 7) is 2.91. The van der Waals surface area contributed by atoms with Crippen molar-refractivity contribution >= 4 is 5.91 Å². The zero-order chi connectivity index (χ0) is 14.7. The van der Waals surface area contributed by atoms with E-state index in [9.17, 15) is 4.79 Å². The van der Waals surface area contributed by atoms with Gasteiger partial charge in [-0.3, -0.25) is 9.89 Å². The van der Waals surface area contributed by atoms with E-state index in [2.05, 4.69) is 15.5 Å². The molecule has 0 spiro atoms. The molecule has 1 heterocycles. The lowest BCUT2D eigenvalue weighted by Gasteiger charge is -2.07. The molecule has 1 aliphatic carbocycles. The number of benzene rings is 1. The first-order valence-electron chi connectivity index (χ1n) is 7.25. The molecule has 3 rings (SSSR count). The molecule has 0 bridgehead atoms. The number of carbonyl (C=O) groups excluding carboxylic acids is 1. The van der Waals surface area contributed by atoms with Crippen LogP contribution in [0.1, 0.15) is 40.5 Å². The number of hydrogen-bond acceptors (Lipinski definition) is 3. The van der Waals surface area contributed by atoms with Crippen LogP contribution in [0.5, 0.6) is 5.75 Å². The summed E-state index contributed by atoms with van der Waals surface area (Å²) in [5, 5.41) is 9.79. The molecule has 1 fully saturated rings. The smallest absolute Gasteiger partial charge is 0.271 e. The number of nitrogens with zero attached hydrogens (tertiary/aromatic N) is 1. The molecule has 0 aliphatic heterocycles. The van der Waals surface area contributed by atoms with Gasteiger partial charge in [0.05, 0.1) is 6.54 Å². The lowest BCUT2D eigenvalue weighted by atomic mass is 10.2. The summed E-state index contributed by atoms with van der Waals surface area (Å²) in [6, 6.07) is 9.69. The molecular formula is C16H19N3O2. The minimum Gasteiger partial charge on any atom is -0.492 e. The number of rotatable bonds is 6. The molecule has 0 atom stereocenters. The van der Waals surface area contributed by atoms with Crippen molar-refractivity contribution in [3.05, 3.63) is 47.3 Å². The zero-order valence-electron chi connectivity index (χ0n) is 12.1. The monoisotopic (exact) mass is 285 g/mol. The Kier molecular flexibility index (Phi) is 3.90. The van der Waals surface area contributed by atoms with Crippen molar-refractivity contribution in [1.29, 1.82) is 0 Å². The number of carbonyl (C=O) groups is 1. The zero-order valence-corrected chi connectivity index (χ0v) is 12.1. The van der Waals surface area contributed by atoms with Crippen LogP contribution >= 0.6 is 0 Å². The van der Waals surface area contributed by atoms with Gasteiger partial charge in [-0.1, -0.05) is 12.1 Å². The number of aromatic amines is 1. The Morgan fingerprint density at radius 1 is 1.43 bits per heavy atom. The Morgan fingerprint density at radius 2 is 2.29 bits per heavy atom. The summed E-state index contributed by atoms with van der Waals surface area (Å²) in [5.41, 5.74) is 2.67. The number of aromatic nitrogens is 2. The quantitative estimate of drug-likeness (QED) is 0.801. The molecule has 1 aliphatic rings. The van der Waals surface area contributed by atoms with Gasteiger partial charge in [-0.25, -0.2) is 0 Å². The van der Waals surface area contributed by atoms with Gasteiger partial charge in [0, 0.05) is 11.6 Å². The van der Waals surface area contributed by atoms with Gasteiger partial charge in [-0.2, -0.15) is 5.10 Å². The summed E-state index contributed by atoms with van der Waals surface area (Å²) < 4.78 is 5.58. The highest BCUT2D eigenvalue weighted by molar-refractivity contribution is 5.92. The van der Waals surface area contributed by atoms with E-state index in [0.717, 1.165) is 17.0 Å². The van der Waals surface area contributed by atoms with Crippen molar-refractivity contribution in [2.45, 2.75) is 25.7 Å². The van der Waals surface area contributed by atoms with Crippen molar-refractivity contribution in [2.75, 3.05) is 13.2 Å². The summed E-state index contributed by atoms with van der Waals surface area (Å²) >= 11 is 0. The SMILES string of the molecule is Cc1cccc(OCCNC(=O)c2cc(C3CC3)[nH]n2)c1. The van der Waals surface area contributed by atoms with E-state index in [1.165, 1.54) is 12.8 Å². The fourth-order valence-corrected chi connectivity index (χ4v) is 2.19. The standard InChI is InChI=1S/C16H19N3O2/c1-11-3-2-4-13(9-11)21-8-7-17-16(20)15-10-14(18-19-15)12-5-6-12/h2-4,9-10,12H,5-8H2,1H3,(H,17,20)(H,18,19). The summed E-state index contributed by atoms with van der Waals surface area (Å²) in [7, 11) is 0. The fraction of sp³-hybridized carbons (Fsp3) is 0.375. The third-order valence-corrected chi connectivity index (χ3v) is 3.49. The predicted molar refractivity (Wildman–Crippen MR) is 79.6 cm³/mol. The largest absolute Gasteiger partial charge is 0.492 e. The van der Waals surface area contributed by atoms with Crippen molar-refractivity contribution in [2.24, 2.45) is 0 Å². The van der Waals surface area contributed by atoms with Crippen LogP contribution in [0.15, 0.2) is 30.3 Å². The van der Waals surface area contributed by atoms with Gasteiger partial charge in [0.2, 0.25) is 0 Å². The third kappa shape index (κ3) is 3.62. The first-order chi connectivity index (χ1) is 10.2. The lowest BCUT2D eigenvalue weighted by molar-refractivity contribution is 0.0942. The van der Waals surface area contributed by atoms with E-state index >= 15 is 0 Å². The van der Waals surface area contributed by atoms with Gasteiger partial charge in [-0.15, -0.1) is 0 Å². The van der Waals surface area contributed by atoms with Crippen LogP contribution in [0.4, 0.5) is 0 Å². The Bertz CT molecular complexity index is 632. The molecular weight excluding hydrogens is 266 g/mol. The lowest BCUT2D eigenvalue weighted by Crippen LogP contribution is -2.28. The summed E-state index contributed by atoms with van der Waals surface area (Å²) in [5.74, 6) is 1.23. The number of H-pyrrole nitrogens is 1. The highest BCUT2D eigenvalue weighted by atomic mass is 16.5. The first kappa shape index (κ1) is 13.7. The highest BCUT2D eigenvalue weighted by Gasteiger charge is 2.26. The maximum absolute atomic E-state index is 11.9. The summed E-state index contributed by atoms with van der Waals surface area (Å²) in [6.07, 6.45) is 2.38. The van der Waals surface area contributed by atoms with Crippen molar-refractivity contribution < 1.29 is 9.53 Å². The molecule has 5 heteroatoms. The molecule has 0 radical (unpaired) electrons. The highest BCUT2D eigenvalue weighted by Crippen LogP contribution is 2.38. The molecule has 2 aromatic rings. The maximum Gasteiger partial charge on any atom is 0.271 e. The Hall–Kier alpha value is -2.30. The number of nitrogens with one attached hydrogen (secondary N) is 2. The van der Waals surface area contributed by atoms with Gasteiger partial charge in [0.1, 0.15) is 18.1 Å². The van der Waals surface area contributed by atoms with Crippen LogP contribution in [0.2, 0.25) is 0 Å². The molecule has 1 aromatic carbocycles. The van der Waals surface area contributed by atoms with Crippen LogP contribution in [0, 0.1) is 6.92 Å². The van der Waals surface area contributed by atoms with Gasteiger partial charge < -0.3 is 10.1 Å². The molecule has 1 amide bonds. The predicted octanol–water partition coefficient (Wildman–Crippen LogP) is 2.40. The van der Waals surface area contributed by atoms with E-state index in [1.54, 1.807) is 0 Å². The minimum absolute atomic E-state index is 0.161. The van der Waals surface area contributed by atoms with Crippen LogP contribution in [0.3, 0.4) is 0 Å². The first-order valence-corrected chi connectivity index (χ1v) is 7.25. The Labute approximate surface area is 123 Å². The molecule has 5 nitrogen and oxygen atoms in total. The average Bonchev–Trinajstić information content (AvgIpc) is 3.21. The second kappa shape index (κ2) is 5.99. The second-order valence-corrected chi connectivity index (χ2v) is 5.40. The van der Waals surface area contributed by atoms with Crippen LogP contribution in [-0.4, -0.2) is 29.3 Å². The normalized spacial score (nSPS) is 14.0. The molecule has 2 N–H and O–H groups in total. The van der Waals surface area contributed by atoms with Crippen molar-refractivity contribution in [1.82, 2.24) is 15.5 Å². The molecule has 21 heavy (non-hydrogen) atoms. The number of aryl methyl sites for hydroxylation is 1. The van der Waals surface area contributed by atoms with Crippen LogP contribution in [0.25, 0.3) is 0 Å². The van der Waals surface area contributed by atoms with E-state index in [1.807, 2.05) is 37.3 Å². The summed E-state index contributed by atoms with van der Waals surface area (Å²) in [4.78, 5) is 11.9. The number of amides is 1. The average molecular weight is 285 g/mol. The van der Waals surface area contributed by atoms with Crippen molar-refractivity contribution in [3.8, 4) is 5.75 Å². The van der Waals surface area contributed by atoms with E-state index in [4.69, 9.17) is 4.74 Å². The molecule has 0 saturated heterocycles. The molecule has 1 saturated carbocycles. The fourth-order valence-electron chi connectivity index (χ4n) is 2.19. The van der Waals surface area contributed by atoms with E-state index in [-0.39, 0.29) is 5.91 Å². The molecule has 0 unspecified atom stereocenters. The third-order valence-electron chi connectivity index (χ3n) is 3.49. The molecule has 1 aromatic heterocycles. The van der Waals surface area contributed by atoms with Crippen LogP contribution in [-0.2, 0) is 0 Å². The Morgan fingerprint density at radius 3 is 3.05 bits per heavy atom. The van der Waals surface area contributed by atoms with Crippen molar-refractivity contribution in [3.63, 3.8) is 0 Å². The van der Waals surface area contributed by atoms with Crippen LogP contribution < -0.4 is 10.1 Å². The number of ether oxygens (including phenoxy) is 1. The maximum atomic E-state index is 11.9. The Balaban J connectivity index is 1.43. The van der Waals surface area contributed by atoms with Gasteiger partial charge in [-0.05, 0) is 43.5 Å².